The average molecular weight is 323 g/mol. The summed E-state index contributed by atoms with van der Waals surface area (Å²) in [5.74, 6) is -1.63. The molecule has 0 saturated heterocycles. The Labute approximate surface area is 136 Å². The first kappa shape index (κ1) is 14.9. The van der Waals surface area contributed by atoms with Crippen molar-refractivity contribution < 1.29 is 14.7 Å². The highest BCUT2D eigenvalue weighted by atomic mass is 32.1. The third kappa shape index (κ3) is 3.12. The van der Waals surface area contributed by atoms with Crippen molar-refractivity contribution in [2.45, 2.75) is 0 Å². The van der Waals surface area contributed by atoms with E-state index in [0.29, 0.717) is 21.8 Å². The smallest absolute Gasteiger partial charge is 0.258 e. The number of anilines is 1. The van der Waals surface area contributed by atoms with Crippen molar-refractivity contribution in [3.8, 4) is 11.1 Å². The van der Waals surface area contributed by atoms with E-state index in [-0.39, 0.29) is 11.5 Å². The van der Waals surface area contributed by atoms with Crippen molar-refractivity contribution in [3.05, 3.63) is 71.2 Å². The Bertz CT molecular complexity index is 860. The highest BCUT2D eigenvalue weighted by Crippen LogP contribution is 2.27. The Morgan fingerprint density at radius 3 is 2.17 bits per heavy atom. The van der Waals surface area contributed by atoms with E-state index < -0.39 is 5.97 Å². The van der Waals surface area contributed by atoms with Crippen LogP contribution in [-0.2, 0) is 0 Å². The summed E-state index contributed by atoms with van der Waals surface area (Å²) in [4.78, 5) is 27.8. The third-order valence-corrected chi connectivity index (χ3v) is 3.95. The van der Waals surface area contributed by atoms with Crippen molar-refractivity contribution in [1.29, 1.82) is 0 Å². The van der Waals surface area contributed by atoms with Crippen LogP contribution in [0.15, 0.2) is 60.1 Å². The van der Waals surface area contributed by atoms with Gasteiger partial charge in [-0.1, -0.05) is 42.5 Å². The van der Waals surface area contributed by atoms with E-state index in [4.69, 9.17) is 0 Å². The van der Waals surface area contributed by atoms with E-state index in [9.17, 15) is 14.7 Å². The molecule has 2 aromatic carbocycles. The molecule has 5 nitrogen and oxygen atoms in total. The molecule has 0 fully saturated rings. The largest absolute Gasteiger partial charge is 0.545 e. The lowest BCUT2D eigenvalue weighted by atomic mass is 9.95. The van der Waals surface area contributed by atoms with E-state index >= 15 is 0 Å². The highest BCUT2D eigenvalue weighted by Gasteiger charge is 2.15. The highest BCUT2D eigenvalue weighted by molar-refractivity contribution is 7.13. The number of carbonyl (C=O) groups is 2. The Kier molecular flexibility index (Phi) is 4.16. The molecule has 3 aromatic rings. The molecular formula is C17H11N2O3S-. The van der Waals surface area contributed by atoms with Crippen LogP contribution >= 0.6 is 11.3 Å². The third-order valence-electron chi connectivity index (χ3n) is 3.26. The zero-order valence-corrected chi connectivity index (χ0v) is 12.7. The average Bonchev–Trinajstić information content (AvgIpc) is 3.07. The second kappa shape index (κ2) is 6.41. The van der Waals surface area contributed by atoms with Crippen molar-refractivity contribution in [2.75, 3.05) is 5.32 Å². The Morgan fingerprint density at radius 1 is 0.957 bits per heavy atom. The van der Waals surface area contributed by atoms with Crippen LogP contribution in [0, 0.1) is 0 Å². The number of amides is 1. The lowest BCUT2D eigenvalue weighted by molar-refractivity contribution is -0.254. The summed E-state index contributed by atoms with van der Waals surface area (Å²) >= 11 is 1.31. The zero-order chi connectivity index (χ0) is 16.2. The van der Waals surface area contributed by atoms with E-state index in [1.54, 1.807) is 54.0 Å². The number of aromatic carboxylic acids is 1. The summed E-state index contributed by atoms with van der Waals surface area (Å²) in [5, 5.41) is 16.3. The van der Waals surface area contributed by atoms with Crippen LogP contribution < -0.4 is 10.4 Å². The molecule has 1 aromatic heterocycles. The Hall–Kier alpha value is -2.99. The lowest BCUT2D eigenvalue weighted by Gasteiger charge is -2.14. The van der Waals surface area contributed by atoms with Crippen LogP contribution in [0.5, 0.6) is 0 Å². The number of aromatic nitrogens is 1. The molecule has 114 valence electrons. The molecule has 0 bridgehead atoms. The van der Waals surface area contributed by atoms with E-state index in [1.807, 2.05) is 0 Å². The molecule has 0 aliphatic carbocycles. The number of benzene rings is 2. The fourth-order valence-corrected chi connectivity index (χ4v) is 2.79. The van der Waals surface area contributed by atoms with E-state index in [1.165, 1.54) is 17.4 Å². The minimum absolute atomic E-state index is 0.0435. The molecule has 0 spiro atoms. The summed E-state index contributed by atoms with van der Waals surface area (Å²) in [5.41, 5.74) is 1.39. The number of rotatable bonds is 4. The second-order valence-electron chi connectivity index (χ2n) is 4.67. The molecule has 6 heteroatoms. The van der Waals surface area contributed by atoms with Gasteiger partial charge >= 0.3 is 0 Å². The predicted octanol–water partition coefficient (Wildman–Crippen LogP) is 2.43. The summed E-state index contributed by atoms with van der Waals surface area (Å²) in [6.45, 7) is 0. The standard InChI is InChI=1S/C17H12N2O3S/c20-15(19-17-18-9-10-23-17)13-7-3-1-5-11(13)12-6-2-4-8-14(12)16(21)22/h1-10H,(H,21,22)(H,18,19,20)/p-1. The van der Waals surface area contributed by atoms with Gasteiger partial charge < -0.3 is 9.90 Å². The normalized spacial score (nSPS) is 10.3. The maximum Gasteiger partial charge on any atom is 0.258 e. The molecule has 0 saturated carbocycles. The molecule has 23 heavy (non-hydrogen) atoms. The number of hydrogen-bond acceptors (Lipinski definition) is 5. The van der Waals surface area contributed by atoms with Gasteiger partial charge in [-0.25, -0.2) is 4.98 Å². The fraction of sp³-hybridized carbons (Fsp3) is 0. The van der Waals surface area contributed by atoms with Crippen LogP contribution in [0.3, 0.4) is 0 Å². The Morgan fingerprint density at radius 2 is 1.57 bits per heavy atom. The van der Waals surface area contributed by atoms with Gasteiger partial charge in [-0.3, -0.25) is 10.1 Å². The van der Waals surface area contributed by atoms with Crippen molar-refractivity contribution >= 4 is 28.3 Å². The minimum Gasteiger partial charge on any atom is -0.545 e. The maximum atomic E-state index is 12.5. The van der Waals surface area contributed by atoms with Gasteiger partial charge in [0.15, 0.2) is 5.13 Å². The molecule has 0 aliphatic heterocycles. The van der Waals surface area contributed by atoms with Gasteiger partial charge in [0.25, 0.3) is 5.91 Å². The molecule has 0 atom stereocenters. The molecule has 0 radical (unpaired) electrons. The van der Waals surface area contributed by atoms with Gasteiger partial charge in [0.2, 0.25) is 0 Å². The second-order valence-corrected chi connectivity index (χ2v) is 5.56. The molecule has 1 heterocycles. The van der Waals surface area contributed by atoms with Crippen LogP contribution in [0.4, 0.5) is 5.13 Å². The number of carboxylic acids is 1. The van der Waals surface area contributed by atoms with Crippen LogP contribution in [0.25, 0.3) is 11.1 Å². The van der Waals surface area contributed by atoms with E-state index in [0.717, 1.165) is 0 Å². The first-order valence-corrected chi connectivity index (χ1v) is 7.65. The number of hydrogen-bond donors (Lipinski definition) is 1. The number of nitrogens with one attached hydrogen (secondary N) is 1. The topological polar surface area (TPSA) is 82.1 Å². The molecule has 1 N–H and O–H groups in total. The zero-order valence-electron chi connectivity index (χ0n) is 11.9. The first-order chi connectivity index (χ1) is 11.2. The molecule has 1 amide bonds. The van der Waals surface area contributed by atoms with Crippen molar-refractivity contribution in [3.63, 3.8) is 0 Å². The van der Waals surface area contributed by atoms with Gasteiger partial charge in [0.1, 0.15) is 0 Å². The maximum absolute atomic E-state index is 12.5. The number of thiazole rings is 1. The van der Waals surface area contributed by atoms with Gasteiger partial charge in [-0.05, 0) is 17.2 Å². The van der Waals surface area contributed by atoms with Crippen molar-refractivity contribution in [2.24, 2.45) is 0 Å². The lowest BCUT2D eigenvalue weighted by Crippen LogP contribution is -2.23. The van der Waals surface area contributed by atoms with Crippen LogP contribution in [0.1, 0.15) is 20.7 Å². The Balaban J connectivity index is 2.05. The summed E-state index contributed by atoms with van der Waals surface area (Å²) in [7, 11) is 0. The summed E-state index contributed by atoms with van der Waals surface area (Å²) < 4.78 is 0. The van der Waals surface area contributed by atoms with Gasteiger partial charge in [-0.15, -0.1) is 11.3 Å². The number of carbonyl (C=O) groups excluding carboxylic acids is 2. The van der Waals surface area contributed by atoms with Crippen LogP contribution in [0.2, 0.25) is 0 Å². The van der Waals surface area contributed by atoms with Gasteiger partial charge in [-0.2, -0.15) is 0 Å². The summed E-state index contributed by atoms with van der Waals surface area (Å²) in [6, 6.07) is 13.3. The van der Waals surface area contributed by atoms with E-state index in [2.05, 4.69) is 10.3 Å². The first-order valence-electron chi connectivity index (χ1n) is 6.77. The molecule has 0 aliphatic rings. The predicted molar refractivity (Wildman–Crippen MR) is 86.3 cm³/mol. The quantitative estimate of drug-likeness (QED) is 0.799. The number of nitrogens with zero attached hydrogens (tertiary/aromatic N) is 1. The molecule has 3 rings (SSSR count). The van der Waals surface area contributed by atoms with Crippen molar-refractivity contribution in [1.82, 2.24) is 4.98 Å². The molecular weight excluding hydrogens is 312 g/mol. The molecule has 0 unspecified atom stereocenters. The SMILES string of the molecule is O=C([O-])c1ccccc1-c1ccccc1C(=O)Nc1nccs1. The fourth-order valence-electron chi connectivity index (χ4n) is 2.26. The van der Waals surface area contributed by atoms with Gasteiger partial charge in [0, 0.05) is 22.7 Å². The van der Waals surface area contributed by atoms with Gasteiger partial charge in [0.05, 0.1) is 5.97 Å². The van der Waals surface area contributed by atoms with Crippen LogP contribution in [-0.4, -0.2) is 16.9 Å². The number of carboxylic acid groups (broad SMARTS) is 1. The minimum atomic E-state index is -1.28. The monoisotopic (exact) mass is 323 g/mol. The summed E-state index contributed by atoms with van der Waals surface area (Å²) in [6.07, 6.45) is 1.59.